The second-order valence-corrected chi connectivity index (χ2v) is 12.9. The molecule has 0 atom stereocenters. The van der Waals surface area contributed by atoms with Gasteiger partial charge in [0.25, 0.3) is 0 Å². The summed E-state index contributed by atoms with van der Waals surface area (Å²) in [5, 5.41) is 4.34. The van der Waals surface area contributed by atoms with Gasteiger partial charge in [0, 0.05) is 44.7 Å². The van der Waals surface area contributed by atoms with Gasteiger partial charge >= 0.3 is 0 Å². The van der Waals surface area contributed by atoms with Gasteiger partial charge in [0.1, 0.15) is 22.3 Å². The minimum Gasteiger partial charge on any atom is -0.456 e. The maximum Gasteiger partial charge on any atom is 0.137 e. The van der Waals surface area contributed by atoms with Crippen LogP contribution in [0.15, 0.2) is 197 Å². The van der Waals surface area contributed by atoms with E-state index in [2.05, 4.69) is 169 Å². The van der Waals surface area contributed by atoms with Gasteiger partial charge in [-0.15, -0.1) is 0 Å². The number of furan rings is 2. The molecule has 3 nitrogen and oxygen atoms in total. The summed E-state index contributed by atoms with van der Waals surface area (Å²) >= 11 is 0. The molecule has 0 N–H and O–H groups in total. The van der Waals surface area contributed by atoms with Gasteiger partial charge in [0.05, 0.1) is 0 Å². The molecule has 3 heteroatoms. The van der Waals surface area contributed by atoms with Crippen molar-refractivity contribution in [3.8, 4) is 33.4 Å². The number of nitrogens with zero attached hydrogens (tertiary/aromatic N) is 1. The van der Waals surface area contributed by atoms with Crippen molar-refractivity contribution in [2.75, 3.05) is 4.90 Å². The summed E-state index contributed by atoms with van der Waals surface area (Å²) < 4.78 is 12.8. The molecule has 10 rings (SSSR count). The number of hydrogen-bond donors (Lipinski definition) is 0. The van der Waals surface area contributed by atoms with E-state index in [1.165, 1.54) is 33.4 Å². The lowest BCUT2D eigenvalue weighted by Crippen LogP contribution is -2.09. The Hall–Kier alpha value is -6.84. The summed E-state index contributed by atoms with van der Waals surface area (Å²) in [6.07, 6.45) is 0. The lowest BCUT2D eigenvalue weighted by atomic mass is 10.00. The molecule has 0 saturated carbocycles. The van der Waals surface area contributed by atoms with E-state index in [0.717, 1.165) is 60.9 Å². The Bertz CT molecular complexity index is 2810. The number of para-hydroxylation sites is 1. The lowest BCUT2D eigenvalue weighted by Gasteiger charge is -2.26. The summed E-state index contributed by atoms with van der Waals surface area (Å²) in [6.45, 7) is 0. The molecule has 2 aromatic heterocycles. The van der Waals surface area contributed by atoms with E-state index >= 15 is 0 Å². The fourth-order valence-corrected chi connectivity index (χ4v) is 7.38. The van der Waals surface area contributed by atoms with Crippen molar-refractivity contribution in [3.63, 3.8) is 0 Å². The highest BCUT2D eigenvalue weighted by atomic mass is 16.3. The molecule has 0 aliphatic carbocycles. The van der Waals surface area contributed by atoms with Crippen molar-refractivity contribution in [3.05, 3.63) is 188 Å². The van der Waals surface area contributed by atoms with E-state index in [4.69, 9.17) is 8.83 Å². The zero-order valence-corrected chi connectivity index (χ0v) is 27.7. The van der Waals surface area contributed by atoms with Crippen LogP contribution in [-0.4, -0.2) is 0 Å². The van der Waals surface area contributed by atoms with E-state index in [1.54, 1.807) is 0 Å². The van der Waals surface area contributed by atoms with Crippen LogP contribution in [-0.2, 0) is 0 Å². The topological polar surface area (TPSA) is 29.5 Å². The third-order valence-corrected chi connectivity index (χ3v) is 9.90. The molecular formula is C48H31NO2. The summed E-state index contributed by atoms with van der Waals surface area (Å²) in [7, 11) is 0. The first-order chi connectivity index (χ1) is 25.3. The van der Waals surface area contributed by atoms with Crippen LogP contribution in [0.3, 0.4) is 0 Å². The van der Waals surface area contributed by atoms with Crippen LogP contribution in [0.2, 0.25) is 0 Å². The average molecular weight is 654 g/mol. The van der Waals surface area contributed by atoms with Crippen molar-refractivity contribution in [1.29, 1.82) is 0 Å². The summed E-state index contributed by atoms with van der Waals surface area (Å²) in [5.74, 6) is 0. The molecule has 0 aliphatic rings. The van der Waals surface area contributed by atoms with E-state index in [9.17, 15) is 0 Å². The SMILES string of the molecule is c1ccc(-c2ccc(-c3ccc(N(c4ccc(-c5ccccc5)cc4)c4ccc5c(c4)oc4ccc6oc7ccccc7c6c45)cc3)cc2)cc1. The van der Waals surface area contributed by atoms with E-state index in [1.807, 2.05) is 24.3 Å². The predicted molar refractivity (Wildman–Crippen MR) is 212 cm³/mol. The van der Waals surface area contributed by atoms with Crippen LogP contribution in [0, 0.1) is 0 Å². The number of fused-ring (bicyclic) bond motifs is 7. The molecule has 8 aromatic carbocycles. The maximum atomic E-state index is 6.57. The van der Waals surface area contributed by atoms with Crippen LogP contribution in [0.5, 0.6) is 0 Å². The molecule has 0 unspecified atom stereocenters. The molecule has 0 spiro atoms. The second-order valence-electron chi connectivity index (χ2n) is 12.9. The molecule has 0 aliphatic heterocycles. The van der Waals surface area contributed by atoms with Crippen LogP contribution in [0.25, 0.3) is 77.3 Å². The van der Waals surface area contributed by atoms with Gasteiger partial charge in [-0.3, -0.25) is 0 Å². The minimum atomic E-state index is 0.835. The van der Waals surface area contributed by atoms with Gasteiger partial charge in [-0.05, 0) is 88.0 Å². The summed E-state index contributed by atoms with van der Waals surface area (Å²) in [4.78, 5) is 2.30. The largest absolute Gasteiger partial charge is 0.456 e. The Morgan fingerprint density at radius 2 is 0.667 bits per heavy atom. The molecule has 2 heterocycles. The highest BCUT2D eigenvalue weighted by Gasteiger charge is 2.19. The second kappa shape index (κ2) is 11.9. The molecule has 0 bridgehead atoms. The van der Waals surface area contributed by atoms with Gasteiger partial charge in [-0.25, -0.2) is 0 Å². The molecule has 240 valence electrons. The van der Waals surface area contributed by atoms with E-state index < -0.39 is 0 Å². The molecular weight excluding hydrogens is 623 g/mol. The van der Waals surface area contributed by atoms with Crippen molar-refractivity contribution >= 4 is 60.9 Å². The van der Waals surface area contributed by atoms with Crippen molar-refractivity contribution in [2.24, 2.45) is 0 Å². The van der Waals surface area contributed by atoms with Crippen LogP contribution < -0.4 is 4.90 Å². The van der Waals surface area contributed by atoms with Gasteiger partial charge in [-0.1, -0.05) is 127 Å². The fourth-order valence-electron chi connectivity index (χ4n) is 7.38. The van der Waals surface area contributed by atoms with Crippen LogP contribution >= 0.6 is 0 Å². The first kappa shape index (κ1) is 29.1. The van der Waals surface area contributed by atoms with Crippen LogP contribution in [0.1, 0.15) is 0 Å². The smallest absolute Gasteiger partial charge is 0.137 e. The Balaban J connectivity index is 1.07. The zero-order valence-electron chi connectivity index (χ0n) is 27.7. The van der Waals surface area contributed by atoms with Gasteiger partial charge in [-0.2, -0.15) is 0 Å². The number of benzene rings is 8. The highest BCUT2D eigenvalue weighted by Crippen LogP contribution is 2.43. The first-order valence-electron chi connectivity index (χ1n) is 17.2. The van der Waals surface area contributed by atoms with Crippen molar-refractivity contribution in [1.82, 2.24) is 0 Å². The Morgan fingerprint density at radius 3 is 1.20 bits per heavy atom. The zero-order chi connectivity index (χ0) is 33.7. The molecule has 51 heavy (non-hydrogen) atoms. The third kappa shape index (κ3) is 5.06. The number of anilines is 3. The van der Waals surface area contributed by atoms with Crippen molar-refractivity contribution in [2.45, 2.75) is 0 Å². The first-order valence-corrected chi connectivity index (χ1v) is 17.2. The van der Waals surface area contributed by atoms with Crippen molar-refractivity contribution < 1.29 is 8.83 Å². The molecule has 0 radical (unpaired) electrons. The molecule has 0 amide bonds. The van der Waals surface area contributed by atoms with Gasteiger partial charge in [0.15, 0.2) is 0 Å². The van der Waals surface area contributed by atoms with E-state index in [0.29, 0.717) is 0 Å². The summed E-state index contributed by atoms with van der Waals surface area (Å²) in [6, 6.07) is 66.2. The van der Waals surface area contributed by atoms with Crippen LogP contribution in [0.4, 0.5) is 17.1 Å². The highest BCUT2D eigenvalue weighted by molar-refractivity contribution is 6.25. The lowest BCUT2D eigenvalue weighted by molar-refractivity contribution is 0.663. The quantitative estimate of drug-likeness (QED) is 0.179. The minimum absolute atomic E-state index is 0.835. The van der Waals surface area contributed by atoms with Gasteiger partial charge < -0.3 is 13.7 Å². The average Bonchev–Trinajstić information content (AvgIpc) is 3.77. The van der Waals surface area contributed by atoms with Gasteiger partial charge in [0.2, 0.25) is 0 Å². The Kier molecular flexibility index (Phi) is 6.81. The number of rotatable bonds is 6. The predicted octanol–water partition coefficient (Wildman–Crippen LogP) is 14.0. The summed E-state index contributed by atoms with van der Waals surface area (Å²) in [5.41, 5.74) is 13.7. The third-order valence-electron chi connectivity index (χ3n) is 9.90. The Labute approximate surface area is 295 Å². The molecule has 0 saturated heterocycles. The Morgan fingerprint density at radius 1 is 0.275 bits per heavy atom. The fraction of sp³-hybridized carbons (Fsp3) is 0. The maximum absolute atomic E-state index is 6.57. The monoisotopic (exact) mass is 653 g/mol. The number of hydrogen-bond acceptors (Lipinski definition) is 3. The standard InChI is InChI=1S/C48H31NO2/c1-3-9-32(10-4-1)34-15-17-35(18-16-34)37-21-25-39(26-22-37)49(38-23-19-36(20-24-38)33-11-5-2-6-12-33)40-27-28-42-46(31-40)51-45-30-29-44-47(48(42)45)41-13-7-8-14-43(41)50-44/h1-31H. The molecule has 0 fully saturated rings. The normalized spacial score (nSPS) is 11.5. The van der Waals surface area contributed by atoms with E-state index in [-0.39, 0.29) is 0 Å². The molecule has 10 aromatic rings.